The highest BCUT2D eigenvalue weighted by molar-refractivity contribution is 6.08. The van der Waals surface area contributed by atoms with Gasteiger partial charge in [0.2, 0.25) is 11.8 Å². The highest BCUT2D eigenvalue weighted by atomic mass is 16.5. The van der Waals surface area contributed by atoms with Crippen molar-refractivity contribution in [2.24, 2.45) is 23.7 Å². The summed E-state index contributed by atoms with van der Waals surface area (Å²) >= 11 is 0. The van der Waals surface area contributed by atoms with Gasteiger partial charge >= 0.3 is 5.97 Å². The average molecular weight is 370 g/mol. The van der Waals surface area contributed by atoms with Gasteiger partial charge in [0.1, 0.15) is 6.04 Å². The van der Waals surface area contributed by atoms with E-state index >= 15 is 0 Å². The van der Waals surface area contributed by atoms with E-state index in [0.29, 0.717) is 5.69 Å². The number of imide groups is 1. The predicted molar refractivity (Wildman–Crippen MR) is 95.2 cm³/mol. The first-order valence-electron chi connectivity index (χ1n) is 9.36. The van der Waals surface area contributed by atoms with E-state index < -0.39 is 24.5 Å². The minimum Gasteiger partial charge on any atom is -0.454 e. The maximum Gasteiger partial charge on any atom is 0.329 e. The van der Waals surface area contributed by atoms with Crippen LogP contribution in [0.3, 0.4) is 0 Å². The molecule has 4 rings (SSSR count). The van der Waals surface area contributed by atoms with Crippen LogP contribution in [0.15, 0.2) is 30.3 Å². The van der Waals surface area contributed by atoms with E-state index in [1.807, 2.05) is 6.07 Å². The van der Waals surface area contributed by atoms with Gasteiger partial charge in [0.15, 0.2) is 6.61 Å². The number of esters is 1. The van der Waals surface area contributed by atoms with Crippen LogP contribution in [0.1, 0.15) is 26.2 Å². The van der Waals surface area contributed by atoms with Crippen molar-refractivity contribution in [3.63, 3.8) is 0 Å². The van der Waals surface area contributed by atoms with Gasteiger partial charge in [-0.2, -0.15) is 0 Å². The highest BCUT2D eigenvalue weighted by Crippen LogP contribution is 2.56. The summed E-state index contributed by atoms with van der Waals surface area (Å²) in [6.45, 7) is 1.02. The first-order valence-corrected chi connectivity index (χ1v) is 9.36. The van der Waals surface area contributed by atoms with Crippen molar-refractivity contribution in [1.82, 2.24) is 4.90 Å². The zero-order chi connectivity index (χ0) is 19.1. The molecule has 1 aliphatic heterocycles. The lowest BCUT2D eigenvalue weighted by atomic mass is 9.81. The third-order valence-corrected chi connectivity index (χ3v) is 6.09. The number of hydrogen-bond acceptors (Lipinski definition) is 5. The molecule has 142 valence electrons. The fourth-order valence-electron chi connectivity index (χ4n) is 4.89. The second kappa shape index (κ2) is 6.79. The summed E-state index contributed by atoms with van der Waals surface area (Å²) in [6, 6.07) is 7.80. The summed E-state index contributed by atoms with van der Waals surface area (Å²) in [6.07, 6.45) is 2.91. The number of carbonyl (C=O) groups is 4. The van der Waals surface area contributed by atoms with Gasteiger partial charge in [-0.05, 0) is 50.2 Å². The number of nitrogens with zero attached hydrogens (tertiary/aromatic N) is 1. The number of rotatable bonds is 5. The minimum atomic E-state index is -1.01. The molecule has 0 aromatic heterocycles. The van der Waals surface area contributed by atoms with Gasteiger partial charge in [-0.15, -0.1) is 0 Å². The molecular weight excluding hydrogens is 348 g/mol. The van der Waals surface area contributed by atoms with Crippen LogP contribution >= 0.6 is 0 Å². The third-order valence-electron chi connectivity index (χ3n) is 6.09. The summed E-state index contributed by atoms with van der Waals surface area (Å²) in [5.41, 5.74) is 0.597. The normalized spacial score (nSPS) is 29.6. The van der Waals surface area contributed by atoms with Gasteiger partial charge in [0.05, 0.1) is 11.8 Å². The van der Waals surface area contributed by atoms with Crippen molar-refractivity contribution in [3.05, 3.63) is 30.3 Å². The molecule has 27 heavy (non-hydrogen) atoms. The van der Waals surface area contributed by atoms with Gasteiger partial charge in [-0.3, -0.25) is 19.3 Å². The van der Waals surface area contributed by atoms with Crippen molar-refractivity contribution in [1.29, 1.82) is 0 Å². The summed E-state index contributed by atoms with van der Waals surface area (Å²) < 4.78 is 5.04. The second-order valence-electron chi connectivity index (χ2n) is 7.63. The average Bonchev–Trinajstić information content (AvgIpc) is 3.34. The number of fused-ring (bicyclic) bond motifs is 5. The van der Waals surface area contributed by atoms with Gasteiger partial charge in [-0.25, -0.2) is 4.79 Å². The quantitative estimate of drug-likeness (QED) is 0.628. The molecule has 5 atom stereocenters. The molecular formula is C20H22N2O5. The van der Waals surface area contributed by atoms with Gasteiger partial charge in [0.25, 0.3) is 5.91 Å². The van der Waals surface area contributed by atoms with Crippen LogP contribution in [0.5, 0.6) is 0 Å². The second-order valence-corrected chi connectivity index (χ2v) is 7.63. The first-order chi connectivity index (χ1) is 13.0. The number of hydrogen-bond donors (Lipinski definition) is 1. The molecule has 3 amide bonds. The van der Waals surface area contributed by atoms with E-state index in [1.165, 1.54) is 6.92 Å². The maximum absolute atomic E-state index is 12.7. The Morgan fingerprint density at radius 2 is 1.70 bits per heavy atom. The van der Waals surface area contributed by atoms with Crippen LogP contribution in [-0.4, -0.2) is 41.2 Å². The number of benzene rings is 1. The molecule has 2 bridgehead atoms. The van der Waals surface area contributed by atoms with E-state index in [4.69, 9.17) is 4.74 Å². The number of amides is 3. The zero-order valence-electron chi connectivity index (χ0n) is 15.1. The molecule has 2 aliphatic carbocycles. The molecule has 3 aliphatic rings. The number of para-hydroxylation sites is 1. The summed E-state index contributed by atoms with van der Waals surface area (Å²) in [5, 5.41) is 2.61. The van der Waals surface area contributed by atoms with E-state index in [2.05, 4.69) is 5.32 Å². The lowest BCUT2D eigenvalue weighted by Gasteiger charge is -2.23. The van der Waals surface area contributed by atoms with Crippen LogP contribution < -0.4 is 5.32 Å². The molecule has 3 fully saturated rings. The fourth-order valence-corrected chi connectivity index (χ4v) is 4.89. The van der Waals surface area contributed by atoms with Crippen LogP contribution in [0.4, 0.5) is 5.69 Å². The van der Waals surface area contributed by atoms with Gasteiger partial charge in [-0.1, -0.05) is 18.2 Å². The van der Waals surface area contributed by atoms with Gasteiger partial charge in [0, 0.05) is 5.69 Å². The Balaban J connectivity index is 1.35. The van der Waals surface area contributed by atoms with Crippen molar-refractivity contribution in [3.8, 4) is 0 Å². The Bertz CT molecular complexity index is 765. The lowest BCUT2D eigenvalue weighted by molar-refractivity contribution is -0.159. The molecule has 1 aromatic rings. The number of likely N-dealkylation sites (tertiary alicyclic amines) is 1. The summed E-state index contributed by atoms with van der Waals surface area (Å²) in [7, 11) is 0. The standard InChI is InChI=1S/C20H22N2O5/c1-11(20(26)27-10-15(23)21-14-5-3-2-4-6-14)22-18(24)16-12-7-8-13(9-12)17(16)19(22)25/h2-6,11-13,16-17H,7-10H2,1H3,(H,21,23)/t11-,12-,13-,16-,17+/m0/s1. The number of carbonyl (C=O) groups excluding carboxylic acids is 4. The fraction of sp³-hybridized carbons (Fsp3) is 0.500. The highest BCUT2D eigenvalue weighted by Gasteiger charge is 2.62. The van der Waals surface area contributed by atoms with E-state index in [9.17, 15) is 19.2 Å². The molecule has 1 N–H and O–H groups in total. The molecule has 7 heteroatoms. The minimum absolute atomic E-state index is 0.254. The number of ether oxygens (including phenoxy) is 1. The summed E-state index contributed by atoms with van der Waals surface area (Å²) in [5.74, 6) is -1.74. The Labute approximate surface area is 157 Å². The zero-order valence-corrected chi connectivity index (χ0v) is 15.1. The van der Waals surface area contributed by atoms with Gasteiger partial charge < -0.3 is 10.1 Å². The maximum atomic E-state index is 12.7. The topological polar surface area (TPSA) is 92.8 Å². The van der Waals surface area contributed by atoms with Crippen molar-refractivity contribution in [2.75, 3.05) is 11.9 Å². The predicted octanol–water partition coefficient (Wildman–Crippen LogP) is 1.59. The molecule has 0 radical (unpaired) electrons. The summed E-state index contributed by atoms with van der Waals surface area (Å²) in [4.78, 5) is 50.8. The Morgan fingerprint density at radius 3 is 2.30 bits per heavy atom. The Morgan fingerprint density at radius 1 is 1.11 bits per heavy atom. The van der Waals surface area contributed by atoms with Crippen LogP contribution in [0.2, 0.25) is 0 Å². The molecule has 7 nitrogen and oxygen atoms in total. The van der Waals surface area contributed by atoms with Crippen molar-refractivity contribution < 1.29 is 23.9 Å². The lowest BCUT2D eigenvalue weighted by Crippen LogP contribution is -2.45. The SMILES string of the molecule is C[C@@H](C(=O)OCC(=O)Nc1ccccc1)N1C(=O)[C@@H]2[C@H]3CC[C@@H](C3)[C@@H]2C1=O. The van der Waals surface area contributed by atoms with E-state index in [1.54, 1.807) is 24.3 Å². The molecule has 1 aromatic carbocycles. The molecule has 2 saturated carbocycles. The molecule has 0 spiro atoms. The van der Waals surface area contributed by atoms with Crippen molar-refractivity contribution in [2.45, 2.75) is 32.2 Å². The smallest absolute Gasteiger partial charge is 0.329 e. The largest absolute Gasteiger partial charge is 0.454 e. The molecule has 1 heterocycles. The van der Waals surface area contributed by atoms with Crippen LogP contribution in [0.25, 0.3) is 0 Å². The molecule has 1 saturated heterocycles. The number of nitrogens with one attached hydrogen (secondary N) is 1. The van der Waals surface area contributed by atoms with Crippen molar-refractivity contribution >= 4 is 29.4 Å². The van der Waals surface area contributed by atoms with E-state index in [0.717, 1.165) is 24.2 Å². The number of anilines is 1. The van der Waals surface area contributed by atoms with E-state index in [-0.39, 0.29) is 35.5 Å². The third kappa shape index (κ3) is 3.01. The van der Waals surface area contributed by atoms with Crippen LogP contribution in [0, 0.1) is 23.7 Å². The first kappa shape index (κ1) is 17.7. The Hall–Kier alpha value is -2.70. The van der Waals surface area contributed by atoms with Crippen LogP contribution in [-0.2, 0) is 23.9 Å². The monoisotopic (exact) mass is 370 g/mol. The Kier molecular flexibility index (Phi) is 4.45. The molecule has 0 unspecified atom stereocenters.